The normalized spacial score (nSPS) is 14.5. The standard InChI is InChI=1S/C21H20N6O/c28-20-13-15(3-6-24-20)14-1-2-18-17(11-14)21(26-25-18)16-4-5-23-19(12-16)27-9-7-22-8-10-27/h1-6,11-13,22H,7-10H2,(H,24,28)(H,25,26). The largest absolute Gasteiger partial charge is 0.354 e. The summed E-state index contributed by atoms with van der Waals surface area (Å²) in [7, 11) is 0. The van der Waals surface area contributed by atoms with Crippen LogP contribution in [0.1, 0.15) is 0 Å². The summed E-state index contributed by atoms with van der Waals surface area (Å²) >= 11 is 0. The number of aromatic nitrogens is 4. The van der Waals surface area contributed by atoms with E-state index >= 15 is 0 Å². The molecule has 1 aromatic carbocycles. The number of fused-ring (bicyclic) bond motifs is 1. The topological polar surface area (TPSA) is 89.7 Å². The zero-order valence-corrected chi connectivity index (χ0v) is 15.3. The summed E-state index contributed by atoms with van der Waals surface area (Å²) in [5, 5.41) is 12.1. The second kappa shape index (κ2) is 6.94. The molecule has 1 aliphatic rings. The van der Waals surface area contributed by atoms with E-state index in [0.717, 1.165) is 65.3 Å². The molecule has 1 fully saturated rings. The van der Waals surface area contributed by atoms with Crippen LogP contribution in [0.5, 0.6) is 0 Å². The highest BCUT2D eigenvalue weighted by atomic mass is 16.1. The Bertz CT molecular complexity index is 1190. The van der Waals surface area contributed by atoms with Gasteiger partial charge in [-0.05, 0) is 41.5 Å². The van der Waals surface area contributed by atoms with Crippen molar-refractivity contribution in [3.8, 4) is 22.4 Å². The number of nitrogens with zero attached hydrogens (tertiary/aromatic N) is 3. The summed E-state index contributed by atoms with van der Waals surface area (Å²) in [6, 6.07) is 13.7. The Balaban J connectivity index is 1.58. The fraction of sp³-hybridized carbons (Fsp3) is 0.190. The molecule has 0 saturated carbocycles. The van der Waals surface area contributed by atoms with Crippen LogP contribution in [0.4, 0.5) is 5.82 Å². The third kappa shape index (κ3) is 3.05. The van der Waals surface area contributed by atoms with Crippen LogP contribution in [-0.4, -0.2) is 46.3 Å². The number of nitrogens with one attached hydrogen (secondary N) is 3. The summed E-state index contributed by atoms with van der Waals surface area (Å²) < 4.78 is 0. The van der Waals surface area contributed by atoms with Crippen molar-refractivity contribution >= 4 is 16.7 Å². The Hall–Kier alpha value is -3.45. The lowest BCUT2D eigenvalue weighted by Gasteiger charge is -2.28. The number of hydrogen-bond acceptors (Lipinski definition) is 5. The van der Waals surface area contributed by atoms with Gasteiger partial charge in [-0.15, -0.1) is 0 Å². The molecule has 4 heterocycles. The number of piperazine rings is 1. The number of pyridine rings is 2. The molecule has 0 spiro atoms. The van der Waals surface area contributed by atoms with E-state index in [4.69, 9.17) is 0 Å². The van der Waals surface area contributed by atoms with E-state index in [1.54, 1.807) is 12.3 Å². The SMILES string of the molecule is O=c1cc(-c2ccc3[nH]nc(-c4ccnc(N5CCNCC5)c4)c3c2)cc[nH]1. The van der Waals surface area contributed by atoms with Crippen LogP contribution in [0.3, 0.4) is 0 Å². The first-order valence-corrected chi connectivity index (χ1v) is 9.37. The molecule has 0 aliphatic carbocycles. The molecule has 1 aliphatic heterocycles. The van der Waals surface area contributed by atoms with Crippen LogP contribution in [0, 0.1) is 0 Å². The van der Waals surface area contributed by atoms with Crippen LogP contribution in [0.15, 0.2) is 59.7 Å². The molecule has 0 radical (unpaired) electrons. The van der Waals surface area contributed by atoms with Gasteiger partial charge in [0, 0.05) is 55.6 Å². The van der Waals surface area contributed by atoms with Crippen LogP contribution in [-0.2, 0) is 0 Å². The molecule has 0 amide bonds. The Kier molecular flexibility index (Phi) is 4.14. The van der Waals surface area contributed by atoms with Crippen molar-refractivity contribution in [3.63, 3.8) is 0 Å². The summed E-state index contributed by atoms with van der Waals surface area (Å²) in [6.07, 6.45) is 3.51. The van der Waals surface area contributed by atoms with Gasteiger partial charge in [0.15, 0.2) is 0 Å². The Labute approximate surface area is 161 Å². The molecule has 0 bridgehead atoms. The lowest BCUT2D eigenvalue weighted by molar-refractivity contribution is 0.585. The molecule has 4 aromatic rings. The van der Waals surface area contributed by atoms with Gasteiger partial charge in [-0.2, -0.15) is 5.10 Å². The highest BCUT2D eigenvalue weighted by molar-refractivity contribution is 5.95. The zero-order valence-electron chi connectivity index (χ0n) is 15.3. The van der Waals surface area contributed by atoms with Gasteiger partial charge >= 0.3 is 0 Å². The van der Waals surface area contributed by atoms with Crippen molar-refractivity contribution in [1.82, 2.24) is 25.5 Å². The quantitative estimate of drug-likeness (QED) is 0.514. The Morgan fingerprint density at radius 2 is 1.79 bits per heavy atom. The summed E-state index contributed by atoms with van der Waals surface area (Å²) in [6.45, 7) is 3.84. The average molecular weight is 372 g/mol. The summed E-state index contributed by atoms with van der Waals surface area (Å²) in [5.41, 5.74) is 4.63. The van der Waals surface area contributed by atoms with Crippen molar-refractivity contribution in [2.24, 2.45) is 0 Å². The lowest BCUT2D eigenvalue weighted by Crippen LogP contribution is -2.43. The minimum atomic E-state index is -0.111. The second-order valence-corrected chi connectivity index (χ2v) is 6.91. The minimum absolute atomic E-state index is 0.111. The van der Waals surface area contributed by atoms with Crippen LogP contribution in [0.2, 0.25) is 0 Å². The molecule has 3 aromatic heterocycles. The maximum Gasteiger partial charge on any atom is 0.248 e. The van der Waals surface area contributed by atoms with Gasteiger partial charge in [0.1, 0.15) is 11.5 Å². The highest BCUT2D eigenvalue weighted by Gasteiger charge is 2.15. The van der Waals surface area contributed by atoms with Gasteiger partial charge in [-0.3, -0.25) is 9.89 Å². The Morgan fingerprint density at radius 1 is 0.929 bits per heavy atom. The number of hydrogen-bond donors (Lipinski definition) is 3. The van der Waals surface area contributed by atoms with E-state index in [1.165, 1.54) is 0 Å². The molecule has 1 saturated heterocycles. The summed E-state index contributed by atoms with van der Waals surface area (Å²) in [4.78, 5) is 21.2. The maximum atomic E-state index is 11.7. The van der Waals surface area contributed by atoms with E-state index in [0.29, 0.717) is 0 Å². The van der Waals surface area contributed by atoms with E-state index in [1.807, 2.05) is 30.5 Å². The molecule has 140 valence electrons. The predicted octanol–water partition coefficient (Wildman–Crippen LogP) is 2.39. The third-order valence-corrected chi connectivity index (χ3v) is 5.13. The van der Waals surface area contributed by atoms with Crippen molar-refractivity contribution in [1.29, 1.82) is 0 Å². The molecular weight excluding hydrogens is 352 g/mol. The molecule has 5 rings (SSSR count). The minimum Gasteiger partial charge on any atom is -0.354 e. The average Bonchev–Trinajstić information content (AvgIpc) is 3.18. The predicted molar refractivity (Wildman–Crippen MR) is 110 cm³/mol. The number of benzene rings is 1. The number of H-pyrrole nitrogens is 2. The van der Waals surface area contributed by atoms with Crippen molar-refractivity contribution in [3.05, 3.63) is 65.2 Å². The first-order valence-electron chi connectivity index (χ1n) is 9.37. The van der Waals surface area contributed by atoms with Crippen LogP contribution >= 0.6 is 0 Å². The number of anilines is 1. The van der Waals surface area contributed by atoms with E-state index < -0.39 is 0 Å². The molecule has 7 heteroatoms. The van der Waals surface area contributed by atoms with Crippen molar-refractivity contribution in [2.45, 2.75) is 0 Å². The lowest BCUT2D eigenvalue weighted by atomic mass is 10.0. The van der Waals surface area contributed by atoms with E-state index in [-0.39, 0.29) is 5.56 Å². The fourth-order valence-electron chi connectivity index (χ4n) is 3.67. The van der Waals surface area contributed by atoms with Crippen molar-refractivity contribution in [2.75, 3.05) is 31.1 Å². The van der Waals surface area contributed by atoms with E-state index in [2.05, 4.69) is 42.5 Å². The van der Waals surface area contributed by atoms with Gasteiger partial charge in [0.05, 0.1) is 5.52 Å². The first kappa shape index (κ1) is 16.7. The van der Waals surface area contributed by atoms with Gasteiger partial charge < -0.3 is 15.2 Å². The smallest absolute Gasteiger partial charge is 0.248 e. The molecule has 7 nitrogen and oxygen atoms in total. The number of aromatic amines is 2. The van der Waals surface area contributed by atoms with Gasteiger partial charge in [-0.25, -0.2) is 4.98 Å². The molecular formula is C21H20N6O. The number of rotatable bonds is 3. The monoisotopic (exact) mass is 372 g/mol. The van der Waals surface area contributed by atoms with Gasteiger partial charge in [0.2, 0.25) is 5.56 Å². The first-order chi connectivity index (χ1) is 13.8. The highest BCUT2D eigenvalue weighted by Crippen LogP contribution is 2.31. The zero-order chi connectivity index (χ0) is 18.9. The van der Waals surface area contributed by atoms with Crippen LogP contribution < -0.4 is 15.8 Å². The third-order valence-electron chi connectivity index (χ3n) is 5.13. The molecule has 28 heavy (non-hydrogen) atoms. The molecule has 0 unspecified atom stereocenters. The maximum absolute atomic E-state index is 11.7. The fourth-order valence-corrected chi connectivity index (χ4v) is 3.67. The van der Waals surface area contributed by atoms with Crippen LogP contribution in [0.25, 0.3) is 33.3 Å². The van der Waals surface area contributed by atoms with E-state index in [9.17, 15) is 4.79 Å². The molecule has 3 N–H and O–H groups in total. The Morgan fingerprint density at radius 3 is 2.64 bits per heavy atom. The van der Waals surface area contributed by atoms with Gasteiger partial charge in [-0.1, -0.05) is 6.07 Å². The molecule has 0 atom stereocenters. The van der Waals surface area contributed by atoms with Gasteiger partial charge in [0.25, 0.3) is 0 Å². The summed E-state index contributed by atoms with van der Waals surface area (Å²) in [5.74, 6) is 0.973. The van der Waals surface area contributed by atoms with Crippen molar-refractivity contribution < 1.29 is 0 Å². The second-order valence-electron chi connectivity index (χ2n) is 6.91.